The number of hydrogen-bond acceptors (Lipinski definition) is 3. The summed E-state index contributed by atoms with van der Waals surface area (Å²) in [7, 11) is 1.31. The monoisotopic (exact) mass is 183 g/mol. The highest BCUT2D eigenvalue weighted by atomic mass is 16.5. The van der Waals surface area contributed by atoms with E-state index in [1.165, 1.54) is 14.0 Å². The molecule has 2 atom stereocenters. The maximum absolute atomic E-state index is 11.3. The topological polar surface area (TPSA) is 55.4 Å². The Bertz CT molecular complexity index is 262. The van der Waals surface area contributed by atoms with Gasteiger partial charge in [-0.05, 0) is 6.42 Å². The first-order chi connectivity index (χ1) is 6.06. The molecule has 1 rings (SSSR count). The van der Waals surface area contributed by atoms with Gasteiger partial charge in [-0.15, -0.1) is 6.58 Å². The van der Waals surface area contributed by atoms with E-state index in [0.717, 1.165) is 0 Å². The van der Waals surface area contributed by atoms with Crippen LogP contribution < -0.4 is 5.32 Å². The number of rotatable bonds is 3. The summed E-state index contributed by atoms with van der Waals surface area (Å²) >= 11 is 0. The largest absolute Gasteiger partial charge is 0.467 e. The van der Waals surface area contributed by atoms with Crippen LogP contribution in [0.1, 0.15) is 13.3 Å². The van der Waals surface area contributed by atoms with Gasteiger partial charge in [-0.1, -0.05) is 6.08 Å². The number of nitrogens with one attached hydrogen (secondary N) is 1. The van der Waals surface area contributed by atoms with Crippen LogP contribution in [0.25, 0.3) is 0 Å². The summed E-state index contributed by atoms with van der Waals surface area (Å²) in [6, 6.07) is 0. The first kappa shape index (κ1) is 9.77. The van der Waals surface area contributed by atoms with Crippen LogP contribution in [0.4, 0.5) is 0 Å². The summed E-state index contributed by atoms with van der Waals surface area (Å²) in [4.78, 5) is 22.1. The fraction of sp³-hybridized carbons (Fsp3) is 0.556. The quantitative estimate of drug-likeness (QED) is 0.503. The molecule has 4 nitrogen and oxygen atoms in total. The summed E-state index contributed by atoms with van der Waals surface area (Å²) in [6.07, 6.45) is 2.25. The van der Waals surface area contributed by atoms with Crippen molar-refractivity contribution in [3.8, 4) is 0 Å². The number of carbonyl (C=O) groups excluding carboxylic acids is 2. The molecule has 0 aromatic rings. The van der Waals surface area contributed by atoms with Crippen LogP contribution in [-0.2, 0) is 14.3 Å². The van der Waals surface area contributed by atoms with Crippen molar-refractivity contribution in [3.05, 3.63) is 12.7 Å². The summed E-state index contributed by atoms with van der Waals surface area (Å²) < 4.78 is 4.61. The molecule has 0 saturated heterocycles. The molecule has 1 aliphatic rings. The molecule has 4 heteroatoms. The van der Waals surface area contributed by atoms with E-state index in [1.54, 1.807) is 6.08 Å². The van der Waals surface area contributed by atoms with Gasteiger partial charge in [-0.3, -0.25) is 4.79 Å². The molecular formula is C9H13NO3. The molecule has 0 aromatic carbocycles. The Morgan fingerprint density at radius 1 is 1.69 bits per heavy atom. The lowest BCUT2D eigenvalue weighted by Gasteiger charge is -2.14. The van der Waals surface area contributed by atoms with Crippen molar-refractivity contribution in [1.29, 1.82) is 0 Å². The summed E-state index contributed by atoms with van der Waals surface area (Å²) in [6.45, 7) is 4.96. The second kappa shape index (κ2) is 3.20. The van der Waals surface area contributed by atoms with Gasteiger partial charge in [0.25, 0.3) is 0 Å². The first-order valence-electron chi connectivity index (χ1n) is 4.06. The zero-order chi connectivity index (χ0) is 10.1. The minimum atomic E-state index is -0.831. The average molecular weight is 183 g/mol. The van der Waals surface area contributed by atoms with Gasteiger partial charge in [0.05, 0.1) is 7.11 Å². The van der Waals surface area contributed by atoms with E-state index in [1.807, 2.05) is 0 Å². The minimum Gasteiger partial charge on any atom is -0.467 e. The lowest BCUT2D eigenvalue weighted by Crippen LogP contribution is -2.44. The number of carbonyl (C=O) groups is 2. The van der Waals surface area contributed by atoms with Gasteiger partial charge in [0.15, 0.2) is 0 Å². The Kier molecular flexibility index (Phi) is 2.40. The van der Waals surface area contributed by atoms with Crippen molar-refractivity contribution < 1.29 is 14.3 Å². The lowest BCUT2D eigenvalue weighted by molar-refractivity contribution is -0.146. The number of amides is 1. The molecule has 0 heterocycles. The van der Waals surface area contributed by atoms with E-state index in [2.05, 4.69) is 16.6 Å². The van der Waals surface area contributed by atoms with Gasteiger partial charge in [0, 0.05) is 12.8 Å². The second-order valence-corrected chi connectivity index (χ2v) is 3.19. The zero-order valence-electron chi connectivity index (χ0n) is 7.79. The molecule has 0 spiro atoms. The van der Waals surface area contributed by atoms with E-state index in [-0.39, 0.29) is 11.8 Å². The van der Waals surface area contributed by atoms with E-state index in [9.17, 15) is 9.59 Å². The highest BCUT2D eigenvalue weighted by Gasteiger charge is 2.60. The maximum atomic E-state index is 11.3. The van der Waals surface area contributed by atoms with Gasteiger partial charge in [0.2, 0.25) is 5.91 Å². The molecule has 0 unspecified atom stereocenters. The molecule has 1 amide bonds. The van der Waals surface area contributed by atoms with Crippen molar-refractivity contribution in [3.63, 3.8) is 0 Å². The van der Waals surface area contributed by atoms with Gasteiger partial charge in [-0.2, -0.15) is 0 Å². The molecule has 1 N–H and O–H groups in total. The Morgan fingerprint density at radius 3 is 2.62 bits per heavy atom. The minimum absolute atomic E-state index is 0.00356. The Hall–Kier alpha value is -1.32. The van der Waals surface area contributed by atoms with E-state index in [4.69, 9.17) is 0 Å². The highest BCUT2D eigenvalue weighted by molar-refractivity contribution is 5.91. The molecule has 1 fully saturated rings. The smallest absolute Gasteiger partial charge is 0.332 e. The predicted molar refractivity (Wildman–Crippen MR) is 46.9 cm³/mol. The molecule has 0 aliphatic heterocycles. The molecule has 0 bridgehead atoms. The lowest BCUT2D eigenvalue weighted by atomic mass is 10.2. The molecule has 13 heavy (non-hydrogen) atoms. The molecule has 0 aromatic heterocycles. The van der Waals surface area contributed by atoms with Crippen molar-refractivity contribution in [2.45, 2.75) is 18.9 Å². The number of methoxy groups -OCH3 is 1. The highest BCUT2D eigenvalue weighted by Crippen LogP contribution is 2.45. The van der Waals surface area contributed by atoms with Crippen LogP contribution in [0.3, 0.4) is 0 Å². The summed E-state index contributed by atoms with van der Waals surface area (Å²) in [5.41, 5.74) is -0.831. The van der Waals surface area contributed by atoms with Crippen LogP contribution >= 0.6 is 0 Å². The van der Waals surface area contributed by atoms with Crippen molar-refractivity contribution >= 4 is 11.9 Å². The Morgan fingerprint density at radius 2 is 2.31 bits per heavy atom. The van der Waals surface area contributed by atoms with Crippen molar-refractivity contribution in [2.24, 2.45) is 5.92 Å². The number of hydrogen-bond donors (Lipinski definition) is 1. The number of esters is 1. The fourth-order valence-corrected chi connectivity index (χ4v) is 1.50. The van der Waals surface area contributed by atoms with E-state index >= 15 is 0 Å². The van der Waals surface area contributed by atoms with Crippen LogP contribution in [0, 0.1) is 5.92 Å². The second-order valence-electron chi connectivity index (χ2n) is 3.19. The fourth-order valence-electron chi connectivity index (χ4n) is 1.50. The molecule has 1 saturated carbocycles. The van der Waals surface area contributed by atoms with Crippen LogP contribution in [0.5, 0.6) is 0 Å². The van der Waals surface area contributed by atoms with Gasteiger partial charge < -0.3 is 10.1 Å². The van der Waals surface area contributed by atoms with Gasteiger partial charge >= 0.3 is 5.97 Å². The van der Waals surface area contributed by atoms with Gasteiger partial charge in [0.1, 0.15) is 5.54 Å². The molecule has 1 aliphatic carbocycles. The Labute approximate surface area is 76.9 Å². The SMILES string of the molecule is C=C[C@@H]1C[C@]1(NC(C)=O)C(=O)OC. The van der Waals surface area contributed by atoms with E-state index < -0.39 is 11.5 Å². The normalized spacial score (nSPS) is 30.5. The third-order valence-electron chi connectivity index (χ3n) is 2.25. The molecule has 72 valence electrons. The molecular weight excluding hydrogens is 170 g/mol. The third kappa shape index (κ3) is 1.56. The van der Waals surface area contributed by atoms with Crippen LogP contribution in [-0.4, -0.2) is 24.5 Å². The van der Waals surface area contributed by atoms with Crippen molar-refractivity contribution in [1.82, 2.24) is 5.32 Å². The third-order valence-corrected chi connectivity index (χ3v) is 2.25. The predicted octanol–water partition coefficient (Wildman–Crippen LogP) is 0.240. The van der Waals surface area contributed by atoms with Gasteiger partial charge in [-0.25, -0.2) is 4.79 Å². The summed E-state index contributed by atoms with van der Waals surface area (Å²) in [5.74, 6) is -0.619. The van der Waals surface area contributed by atoms with Crippen LogP contribution in [0.15, 0.2) is 12.7 Å². The standard InChI is InChI=1S/C9H13NO3/c1-4-7-5-9(7,8(12)13-3)10-6(2)11/h4,7H,1,5H2,2-3H3,(H,10,11)/t7-,9-/m1/s1. The molecule has 0 radical (unpaired) electrons. The summed E-state index contributed by atoms with van der Waals surface area (Å²) in [5, 5.41) is 2.60. The number of ether oxygens (including phenoxy) is 1. The van der Waals surface area contributed by atoms with Crippen LogP contribution in [0.2, 0.25) is 0 Å². The maximum Gasteiger partial charge on any atom is 0.332 e. The first-order valence-corrected chi connectivity index (χ1v) is 4.06. The zero-order valence-corrected chi connectivity index (χ0v) is 7.79. The van der Waals surface area contributed by atoms with E-state index in [0.29, 0.717) is 6.42 Å². The Balaban J connectivity index is 2.74. The average Bonchev–Trinajstić information content (AvgIpc) is 2.77. The van der Waals surface area contributed by atoms with Crippen molar-refractivity contribution in [2.75, 3.05) is 7.11 Å².